The Labute approximate surface area is 105 Å². The maximum absolute atomic E-state index is 11.7. The van der Waals surface area contributed by atoms with Crippen molar-refractivity contribution >= 4 is 23.4 Å². The minimum Gasteiger partial charge on any atom is -0.462 e. The zero-order valence-corrected chi connectivity index (χ0v) is 10.1. The first-order valence-electron chi connectivity index (χ1n) is 5.49. The van der Waals surface area contributed by atoms with Crippen LogP contribution < -0.4 is 16.8 Å². The van der Waals surface area contributed by atoms with Crippen molar-refractivity contribution in [2.24, 2.45) is 5.73 Å². The molecule has 0 fully saturated rings. The number of rotatable bonds is 6. The van der Waals surface area contributed by atoms with E-state index in [0.717, 1.165) is 0 Å². The molecule has 5 N–H and O–H groups in total. The molecule has 0 spiro atoms. The number of anilines is 2. The number of esters is 1. The Bertz CT molecular complexity index is 448. The van der Waals surface area contributed by atoms with Gasteiger partial charge in [-0.2, -0.15) is 0 Å². The Morgan fingerprint density at radius 1 is 1.50 bits per heavy atom. The Hall–Kier alpha value is -2.31. The largest absolute Gasteiger partial charge is 0.462 e. The van der Waals surface area contributed by atoms with Crippen molar-refractivity contribution in [3.8, 4) is 0 Å². The number of pyridine rings is 1. The van der Waals surface area contributed by atoms with Crippen molar-refractivity contribution in [3.05, 3.63) is 17.8 Å². The van der Waals surface area contributed by atoms with E-state index in [1.54, 1.807) is 6.92 Å². The summed E-state index contributed by atoms with van der Waals surface area (Å²) in [5.74, 6) is -0.699. The lowest BCUT2D eigenvalue weighted by molar-refractivity contribution is -0.117. The van der Waals surface area contributed by atoms with Crippen molar-refractivity contribution < 1.29 is 14.3 Å². The molecule has 1 amide bonds. The van der Waals surface area contributed by atoms with Gasteiger partial charge in [-0.05, 0) is 13.0 Å². The second kappa shape index (κ2) is 6.43. The molecule has 0 aliphatic carbocycles. The zero-order valence-electron chi connectivity index (χ0n) is 10.1. The number of hydrogen-bond donors (Lipinski definition) is 3. The summed E-state index contributed by atoms with van der Waals surface area (Å²) < 4.78 is 4.90. The molecule has 18 heavy (non-hydrogen) atoms. The van der Waals surface area contributed by atoms with E-state index in [-0.39, 0.29) is 24.4 Å². The Kier molecular flexibility index (Phi) is 4.91. The summed E-state index contributed by atoms with van der Waals surface area (Å²) in [6, 6.07) is 1.42. The van der Waals surface area contributed by atoms with Crippen molar-refractivity contribution in [3.63, 3.8) is 0 Å². The van der Waals surface area contributed by atoms with Gasteiger partial charge < -0.3 is 21.5 Å². The lowest BCUT2D eigenvalue weighted by Crippen LogP contribution is -2.17. The van der Waals surface area contributed by atoms with Gasteiger partial charge in [-0.1, -0.05) is 0 Å². The topological polar surface area (TPSA) is 120 Å². The van der Waals surface area contributed by atoms with E-state index in [1.807, 2.05) is 0 Å². The van der Waals surface area contributed by atoms with Gasteiger partial charge in [0.2, 0.25) is 5.91 Å². The highest BCUT2D eigenvalue weighted by atomic mass is 16.5. The van der Waals surface area contributed by atoms with Crippen LogP contribution in [0.15, 0.2) is 12.3 Å². The van der Waals surface area contributed by atoms with Crippen LogP contribution in [0.4, 0.5) is 11.5 Å². The number of primary amides is 1. The number of nitrogen functional groups attached to an aromatic ring is 1. The van der Waals surface area contributed by atoms with Gasteiger partial charge in [-0.15, -0.1) is 0 Å². The third kappa shape index (κ3) is 3.93. The number of nitrogens with one attached hydrogen (secondary N) is 1. The Morgan fingerprint density at radius 3 is 2.83 bits per heavy atom. The van der Waals surface area contributed by atoms with Gasteiger partial charge in [0.25, 0.3) is 0 Å². The Morgan fingerprint density at radius 2 is 2.22 bits per heavy atom. The first-order chi connectivity index (χ1) is 8.54. The fourth-order valence-corrected chi connectivity index (χ4v) is 1.31. The smallest absolute Gasteiger partial charge is 0.340 e. The van der Waals surface area contributed by atoms with Crippen molar-refractivity contribution in [2.45, 2.75) is 13.3 Å². The third-order valence-corrected chi connectivity index (χ3v) is 2.11. The normalized spacial score (nSPS) is 9.83. The summed E-state index contributed by atoms with van der Waals surface area (Å²) in [6.07, 6.45) is 1.58. The molecule has 7 heteroatoms. The van der Waals surface area contributed by atoms with Gasteiger partial charge >= 0.3 is 5.97 Å². The summed E-state index contributed by atoms with van der Waals surface area (Å²) in [7, 11) is 0. The van der Waals surface area contributed by atoms with Crippen LogP contribution in [0.1, 0.15) is 23.7 Å². The predicted octanol–water partition coefficient (Wildman–Crippen LogP) is 0.128. The van der Waals surface area contributed by atoms with Crippen LogP contribution in [0.3, 0.4) is 0 Å². The molecule has 0 atom stereocenters. The summed E-state index contributed by atoms with van der Waals surface area (Å²) in [5, 5.41) is 2.89. The second-order valence-electron chi connectivity index (χ2n) is 3.52. The minimum absolute atomic E-state index is 0.159. The molecule has 0 aliphatic rings. The molecule has 0 radical (unpaired) electrons. The number of carbonyl (C=O) groups excluding carboxylic acids is 2. The maximum atomic E-state index is 11.7. The van der Waals surface area contributed by atoms with Crippen LogP contribution in [0, 0.1) is 0 Å². The highest BCUT2D eigenvalue weighted by molar-refractivity contribution is 5.96. The molecule has 0 unspecified atom stereocenters. The highest BCUT2D eigenvalue weighted by Crippen LogP contribution is 2.17. The second-order valence-corrected chi connectivity index (χ2v) is 3.52. The van der Waals surface area contributed by atoms with Gasteiger partial charge in [0.05, 0.1) is 24.1 Å². The summed E-state index contributed by atoms with van der Waals surface area (Å²) in [6.45, 7) is 2.29. The van der Waals surface area contributed by atoms with Crippen molar-refractivity contribution in [1.29, 1.82) is 0 Å². The molecule has 0 saturated carbocycles. The molecule has 98 valence electrons. The molecule has 7 nitrogen and oxygen atoms in total. The third-order valence-electron chi connectivity index (χ3n) is 2.11. The maximum Gasteiger partial charge on any atom is 0.340 e. The molecule has 0 aromatic carbocycles. The number of aromatic nitrogens is 1. The van der Waals surface area contributed by atoms with E-state index in [0.29, 0.717) is 12.2 Å². The van der Waals surface area contributed by atoms with Crippen LogP contribution in [-0.2, 0) is 9.53 Å². The van der Waals surface area contributed by atoms with Crippen LogP contribution >= 0.6 is 0 Å². The van der Waals surface area contributed by atoms with Crippen molar-refractivity contribution in [1.82, 2.24) is 4.98 Å². The lowest BCUT2D eigenvalue weighted by atomic mass is 10.2. The lowest BCUT2D eigenvalue weighted by Gasteiger charge is -2.10. The fraction of sp³-hybridized carbons (Fsp3) is 0.364. The minimum atomic E-state index is -0.492. The predicted molar refractivity (Wildman–Crippen MR) is 66.9 cm³/mol. The average molecular weight is 252 g/mol. The first kappa shape index (κ1) is 13.8. The van der Waals surface area contributed by atoms with E-state index < -0.39 is 11.9 Å². The average Bonchev–Trinajstić information content (AvgIpc) is 2.31. The molecular formula is C11H16N4O3. The summed E-state index contributed by atoms with van der Waals surface area (Å²) in [4.78, 5) is 26.2. The first-order valence-corrected chi connectivity index (χ1v) is 5.49. The number of hydrogen-bond acceptors (Lipinski definition) is 6. The molecule has 1 heterocycles. The fourth-order valence-electron chi connectivity index (χ4n) is 1.31. The SMILES string of the molecule is CCOC(=O)c1cc(N)ncc1NCCC(N)=O. The quantitative estimate of drug-likeness (QED) is 0.619. The molecule has 1 aromatic rings. The van der Waals surface area contributed by atoms with Gasteiger partial charge in [-0.3, -0.25) is 4.79 Å². The number of nitrogens with zero attached hydrogens (tertiary/aromatic N) is 1. The molecular weight excluding hydrogens is 236 g/mol. The summed E-state index contributed by atoms with van der Waals surface area (Å²) in [5.41, 5.74) is 11.3. The van der Waals surface area contributed by atoms with Crippen LogP contribution in [0.5, 0.6) is 0 Å². The number of nitrogens with two attached hydrogens (primary N) is 2. The van der Waals surface area contributed by atoms with Gasteiger partial charge in [0.1, 0.15) is 5.82 Å². The molecule has 1 rings (SSSR count). The van der Waals surface area contributed by atoms with Gasteiger partial charge in [0, 0.05) is 13.0 Å². The highest BCUT2D eigenvalue weighted by Gasteiger charge is 2.13. The van der Waals surface area contributed by atoms with E-state index in [9.17, 15) is 9.59 Å². The van der Waals surface area contributed by atoms with E-state index in [4.69, 9.17) is 16.2 Å². The number of ether oxygens (including phenoxy) is 1. The molecule has 1 aromatic heterocycles. The number of carbonyl (C=O) groups is 2. The van der Waals surface area contributed by atoms with E-state index in [2.05, 4.69) is 10.3 Å². The van der Waals surface area contributed by atoms with Crippen LogP contribution in [0.25, 0.3) is 0 Å². The molecule has 0 bridgehead atoms. The monoisotopic (exact) mass is 252 g/mol. The van der Waals surface area contributed by atoms with E-state index >= 15 is 0 Å². The molecule has 0 saturated heterocycles. The molecule has 0 aliphatic heterocycles. The standard InChI is InChI=1S/C11H16N4O3/c1-2-18-11(17)7-5-9(12)15-6-8(7)14-4-3-10(13)16/h5-6,14H,2-4H2,1H3,(H2,12,15)(H2,13,16). The van der Waals surface area contributed by atoms with Crippen molar-refractivity contribution in [2.75, 3.05) is 24.2 Å². The van der Waals surface area contributed by atoms with Gasteiger partial charge in [0.15, 0.2) is 0 Å². The zero-order chi connectivity index (χ0) is 13.5. The number of amides is 1. The van der Waals surface area contributed by atoms with Crippen LogP contribution in [0.2, 0.25) is 0 Å². The Balaban J connectivity index is 2.82. The van der Waals surface area contributed by atoms with Crippen LogP contribution in [-0.4, -0.2) is 30.0 Å². The van der Waals surface area contributed by atoms with E-state index in [1.165, 1.54) is 12.3 Å². The van der Waals surface area contributed by atoms with Gasteiger partial charge in [-0.25, -0.2) is 9.78 Å². The summed E-state index contributed by atoms with van der Waals surface area (Å²) >= 11 is 0.